The van der Waals surface area contributed by atoms with Gasteiger partial charge >= 0.3 is 0 Å². The summed E-state index contributed by atoms with van der Waals surface area (Å²) >= 11 is 0. The van der Waals surface area contributed by atoms with E-state index in [0.29, 0.717) is 5.56 Å². The molecule has 2 aliphatic heterocycles. The molecule has 2 aliphatic rings. The SMILES string of the molecule is Cc1ccc2c(c1)c1cc(N(c3ccccc3)c3ccccc3)cc3c1n2-c1cc(-c2ccccc2C#N)cc2c1B3c1cc(N(c3ccccc3)c3ccccc3)cc3c4cc(C)ccc4n-2c13. The van der Waals surface area contributed by atoms with E-state index in [4.69, 9.17) is 0 Å². The molecule has 0 saturated carbocycles. The highest BCUT2D eigenvalue weighted by atomic mass is 15.2. The summed E-state index contributed by atoms with van der Waals surface area (Å²) in [4.78, 5) is 4.82. The smallest absolute Gasteiger partial charge is 0.252 e. The van der Waals surface area contributed by atoms with Crippen LogP contribution in [0.1, 0.15) is 16.7 Å². The molecule has 0 N–H and O–H groups in total. The number of anilines is 6. The minimum Gasteiger partial charge on any atom is -0.311 e. The Morgan fingerprint density at radius 2 is 0.812 bits per heavy atom. The molecule has 0 atom stereocenters. The summed E-state index contributed by atoms with van der Waals surface area (Å²) < 4.78 is 5.07. The van der Waals surface area contributed by atoms with Gasteiger partial charge in [-0.1, -0.05) is 114 Å². The number of aromatic nitrogens is 2. The fourth-order valence-corrected chi connectivity index (χ4v) is 11.7. The van der Waals surface area contributed by atoms with Crippen LogP contribution in [0, 0.1) is 25.2 Å². The molecule has 0 saturated heterocycles. The van der Waals surface area contributed by atoms with Gasteiger partial charge in [-0.25, -0.2) is 0 Å². The number of hydrogen-bond donors (Lipinski definition) is 0. The standard InChI is InChI=1S/C63H42BN5/c1-40-27-29-57-51(31-40)53-35-48(66(44-18-7-3-8-19-44)45-20-9-4-10-21-45)37-55-62(53)68(57)59-33-43(50-26-16-15-17-42(50)39-65)34-60-61(59)64(55)56-38-49(36-54-52-32-41(2)28-30-58(52)69(60)63(54)56)67(46-22-11-5-12-23-46)47-24-13-6-14-25-47/h3-38H,1-2H3. The average molecular weight is 880 g/mol. The van der Waals surface area contributed by atoms with E-state index in [-0.39, 0.29) is 6.71 Å². The van der Waals surface area contributed by atoms with Gasteiger partial charge in [0.15, 0.2) is 0 Å². The lowest BCUT2D eigenvalue weighted by molar-refractivity contribution is 1.14. The van der Waals surface area contributed by atoms with Crippen LogP contribution in [0.25, 0.3) is 66.1 Å². The van der Waals surface area contributed by atoms with Gasteiger partial charge in [0.05, 0.1) is 22.7 Å². The maximum Gasteiger partial charge on any atom is 0.252 e. The lowest BCUT2D eigenvalue weighted by Gasteiger charge is -2.36. The van der Waals surface area contributed by atoms with Gasteiger partial charge in [-0.3, -0.25) is 0 Å². The van der Waals surface area contributed by atoms with Gasteiger partial charge in [-0.05, 0) is 157 Å². The molecular weight excluding hydrogens is 838 g/mol. The predicted molar refractivity (Wildman–Crippen MR) is 289 cm³/mol. The van der Waals surface area contributed by atoms with Crippen LogP contribution >= 0.6 is 0 Å². The van der Waals surface area contributed by atoms with Crippen molar-refractivity contribution in [2.45, 2.75) is 13.8 Å². The minimum atomic E-state index is -0.169. The molecule has 0 radical (unpaired) electrons. The van der Waals surface area contributed by atoms with Crippen LogP contribution in [0.3, 0.4) is 0 Å². The van der Waals surface area contributed by atoms with Crippen molar-refractivity contribution < 1.29 is 0 Å². The van der Waals surface area contributed by atoms with E-state index >= 15 is 0 Å². The number of benzene rings is 10. The highest BCUT2D eigenvalue weighted by Crippen LogP contribution is 2.46. The number of rotatable bonds is 7. The van der Waals surface area contributed by atoms with Crippen LogP contribution in [0.15, 0.2) is 218 Å². The molecule has 0 unspecified atom stereocenters. The predicted octanol–water partition coefficient (Wildman–Crippen LogP) is 14.1. The molecule has 0 aliphatic carbocycles. The van der Waals surface area contributed by atoms with Crippen molar-refractivity contribution in [2.75, 3.05) is 9.80 Å². The van der Waals surface area contributed by atoms with Crippen molar-refractivity contribution in [3.8, 4) is 28.6 Å². The summed E-state index contributed by atoms with van der Waals surface area (Å²) in [5.74, 6) is 0. The van der Waals surface area contributed by atoms with E-state index in [1.54, 1.807) is 0 Å². The van der Waals surface area contributed by atoms with E-state index in [2.05, 4.69) is 239 Å². The molecule has 69 heavy (non-hydrogen) atoms. The third kappa shape index (κ3) is 5.78. The zero-order chi connectivity index (χ0) is 45.9. The van der Waals surface area contributed by atoms with Crippen LogP contribution in [0.2, 0.25) is 0 Å². The second-order valence-electron chi connectivity index (χ2n) is 18.6. The topological polar surface area (TPSA) is 40.1 Å². The molecule has 6 heteroatoms. The van der Waals surface area contributed by atoms with Crippen LogP contribution in [-0.2, 0) is 0 Å². The summed E-state index contributed by atoms with van der Waals surface area (Å²) in [6.07, 6.45) is 0. The molecule has 10 aromatic carbocycles. The van der Waals surface area contributed by atoms with Crippen molar-refractivity contribution in [1.29, 1.82) is 5.26 Å². The molecule has 0 fully saturated rings. The Hall–Kier alpha value is -9.05. The fourth-order valence-electron chi connectivity index (χ4n) is 11.7. The number of fused-ring (bicyclic) bond motifs is 10. The zero-order valence-corrected chi connectivity index (χ0v) is 38.1. The van der Waals surface area contributed by atoms with E-state index in [0.717, 1.165) is 67.7 Å². The van der Waals surface area contributed by atoms with E-state index < -0.39 is 0 Å². The van der Waals surface area contributed by atoms with Crippen molar-refractivity contribution >= 4 is 101 Å². The van der Waals surface area contributed by atoms with E-state index in [1.807, 2.05) is 18.2 Å². The van der Waals surface area contributed by atoms with Gasteiger partial charge in [-0.15, -0.1) is 0 Å². The number of nitriles is 1. The molecule has 322 valence electrons. The van der Waals surface area contributed by atoms with Crippen molar-refractivity contribution in [1.82, 2.24) is 9.13 Å². The Bertz CT molecular complexity index is 3800. The molecule has 0 amide bonds. The Morgan fingerprint density at radius 1 is 0.406 bits per heavy atom. The molecule has 12 aromatic rings. The highest BCUT2D eigenvalue weighted by Gasteiger charge is 2.42. The monoisotopic (exact) mass is 879 g/mol. The molecule has 0 bridgehead atoms. The number of aryl methyl sites for hydroxylation is 2. The maximum atomic E-state index is 10.6. The van der Waals surface area contributed by atoms with E-state index in [9.17, 15) is 5.26 Å². The summed E-state index contributed by atoms with van der Waals surface area (Å²) in [5, 5.41) is 15.4. The van der Waals surface area contributed by atoms with Crippen LogP contribution < -0.4 is 26.2 Å². The minimum absolute atomic E-state index is 0.169. The van der Waals surface area contributed by atoms with Crippen LogP contribution in [0.4, 0.5) is 34.1 Å². The first-order chi connectivity index (χ1) is 34.0. The Kier molecular flexibility index (Phi) is 8.50. The first-order valence-corrected chi connectivity index (χ1v) is 23.7. The second-order valence-corrected chi connectivity index (χ2v) is 18.6. The first kappa shape index (κ1) is 39.2. The number of nitrogens with zero attached hydrogens (tertiary/aromatic N) is 5. The Morgan fingerprint density at radius 3 is 1.23 bits per heavy atom. The highest BCUT2D eigenvalue weighted by molar-refractivity contribution is 7.00. The molecular formula is C63H42BN5. The number of para-hydroxylation sites is 4. The third-order valence-electron chi connectivity index (χ3n) is 14.5. The molecule has 4 heterocycles. The third-order valence-corrected chi connectivity index (χ3v) is 14.5. The van der Waals surface area contributed by atoms with Gasteiger partial charge in [0.25, 0.3) is 6.71 Å². The van der Waals surface area contributed by atoms with E-state index in [1.165, 1.54) is 60.1 Å². The number of hydrogen-bond acceptors (Lipinski definition) is 3. The fraction of sp³-hybridized carbons (Fsp3) is 0.0317. The first-order valence-electron chi connectivity index (χ1n) is 23.7. The Balaban J connectivity index is 1.18. The molecule has 2 aromatic heterocycles. The van der Waals surface area contributed by atoms with Crippen LogP contribution in [0.5, 0.6) is 0 Å². The average Bonchev–Trinajstić information content (AvgIpc) is 3.90. The summed E-state index contributed by atoms with van der Waals surface area (Å²) in [7, 11) is 0. The summed E-state index contributed by atoms with van der Waals surface area (Å²) in [6, 6.07) is 82.0. The summed E-state index contributed by atoms with van der Waals surface area (Å²) in [5.41, 5.74) is 22.3. The van der Waals surface area contributed by atoms with Crippen LogP contribution in [-0.4, -0.2) is 15.8 Å². The molecule has 5 nitrogen and oxygen atoms in total. The lowest BCUT2D eigenvalue weighted by Crippen LogP contribution is -2.59. The van der Waals surface area contributed by atoms with Gasteiger partial charge < -0.3 is 18.9 Å². The quantitative estimate of drug-likeness (QED) is 0.150. The summed E-state index contributed by atoms with van der Waals surface area (Å²) in [6.45, 7) is 4.22. The van der Waals surface area contributed by atoms with Gasteiger partial charge in [0.1, 0.15) is 0 Å². The lowest BCUT2D eigenvalue weighted by atomic mass is 9.34. The molecule has 14 rings (SSSR count). The largest absolute Gasteiger partial charge is 0.311 e. The molecule has 0 spiro atoms. The zero-order valence-electron chi connectivity index (χ0n) is 38.1. The second kappa shape index (κ2) is 15.0. The van der Waals surface area contributed by atoms with Crippen molar-refractivity contribution in [2.24, 2.45) is 0 Å². The van der Waals surface area contributed by atoms with Crippen molar-refractivity contribution in [3.05, 3.63) is 235 Å². The van der Waals surface area contributed by atoms with Gasteiger partial charge in [0, 0.05) is 78.1 Å². The van der Waals surface area contributed by atoms with Gasteiger partial charge in [-0.2, -0.15) is 5.26 Å². The van der Waals surface area contributed by atoms with Gasteiger partial charge in [0.2, 0.25) is 0 Å². The normalized spacial score (nSPS) is 12.2. The van der Waals surface area contributed by atoms with Crippen molar-refractivity contribution in [3.63, 3.8) is 0 Å². The maximum absolute atomic E-state index is 10.6. The Labute approximate surface area is 400 Å².